The summed E-state index contributed by atoms with van der Waals surface area (Å²) in [6.45, 7) is 2.21. The summed E-state index contributed by atoms with van der Waals surface area (Å²) in [5.41, 5.74) is 5.83. The first-order valence-electron chi connectivity index (χ1n) is 10.6. The van der Waals surface area contributed by atoms with Crippen LogP contribution >= 0.6 is 0 Å². The van der Waals surface area contributed by atoms with E-state index in [-0.39, 0.29) is 0 Å². The molecule has 3 aromatic rings. The number of hydrogen-bond donors (Lipinski definition) is 1. The van der Waals surface area contributed by atoms with Crippen molar-refractivity contribution < 1.29 is 0 Å². The van der Waals surface area contributed by atoms with E-state index < -0.39 is 0 Å². The summed E-state index contributed by atoms with van der Waals surface area (Å²) in [5, 5.41) is 3.96. The second-order valence-corrected chi connectivity index (χ2v) is 8.19. The summed E-state index contributed by atoms with van der Waals surface area (Å²) in [7, 11) is 0. The lowest BCUT2D eigenvalue weighted by Crippen LogP contribution is -2.59. The van der Waals surface area contributed by atoms with Crippen molar-refractivity contribution in [3.8, 4) is 0 Å². The number of rotatable bonds is 5. The lowest BCUT2D eigenvalue weighted by atomic mass is 9.86. The highest BCUT2D eigenvalue weighted by Gasteiger charge is 2.35. The molecule has 1 aliphatic carbocycles. The van der Waals surface area contributed by atoms with Crippen molar-refractivity contribution in [2.45, 2.75) is 37.4 Å². The molecule has 0 saturated carbocycles. The Bertz CT molecular complexity index is 860. The molecule has 1 saturated heterocycles. The normalized spacial score (nSPS) is 20.0. The predicted octanol–water partition coefficient (Wildman–Crippen LogP) is 5.13. The Morgan fingerprint density at radius 2 is 1.36 bits per heavy atom. The molecule has 28 heavy (non-hydrogen) atoms. The number of nitrogens with one attached hydrogen (secondary N) is 1. The zero-order chi connectivity index (χ0) is 18.8. The Balaban J connectivity index is 1.30. The van der Waals surface area contributed by atoms with E-state index in [9.17, 15) is 0 Å². The molecule has 0 bridgehead atoms. The first kappa shape index (κ1) is 17.7. The smallest absolute Gasteiger partial charge is 0.0602 e. The number of benzene rings is 3. The number of aryl methyl sites for hydroxylation is 1. The van der Waals surface area contributed by atoms with Crippen molar-refractivity contribution in [1.82, 2.24) is 10.2 Å². The third kappa shape index (κ3) is 3.50. The van der Waals surface area contributed by atoms with Crippen LogP contribution in [0.5, 0.6) is 0 Å². The first-order valence-corrected chi connectivity index (χ1v) is 10.6. The third-order valence-electron chi connectivity index (χ3n) is 6.31. The Kier molecular flexibility index (Phi) is 4.99. The van der Waals surface area contributed by atoms with Crippen molar-refractivity contribution in [2.24, 2.45) is 0 Å². The standard InChI is InChI=1S/C26H28N2/c1-3-11-21(12-4-1)26(22-13-5-2-6-14-22)28-18-23(19-28)27-25-17-9-15-20-10-7-8-16-24(20)25/h1-8,10-14,16,23,25-27H,9,15,17-19H2. The van der Waals surface area contributed by atoms with Crippen LogP contribution in [0.3, 0.4) is 0 Å². The molecule has 2 aliphatic rings. The van der Waals surface area contributed by atoms with Gasteiger partial charge in [-0.1, -0.05) is 84.9 Å². The van der Waals surface area contributed by atoms with E-state index in [2.05, 4.69) is 95.1 Å². The van der Waals surface area contributed by atoms with E-state index in [1.54, 1.807) is 0 Å². The van der Waals surface area contributed by atoms with Gasteiger partial charge in [-0.3, -0.25) is 4.90 Å². The van der Waals surface area contributed by atoms with Crippen molar-refractivity contribution >= 4 is 0 Å². The van der Waals surface area contributed by atoms with E-state index in [1.807, 2.05) is 0 Å². The second-order valence-electron chi connectivity index (χ2n) is 8.19. The first-order chi connectivity index (χ1) is 13.9. The van der Waals surface area contributed by atoms with Gasteiger partial charge in [0.2, 0.25) is 0 Å². The zero-order valence-electron chi connectivity index (χ0n) is 16.3. The van der Waals surface area contributed by atoms with Crippen LogP contribution < -0.4 is 5.32 Å². The fourth-order valence-electron chi connectivity index (χ4n) is 4.93. The van der Waals surface area contributed by atoms with Crippen LogP contribution in [-0.2, 0) is 6.42 Å². The molecule has 2 heteroatoms. The molecule has 3 aromatic carbocycles. The van der Waals surface area contributed by atoms with Gasteiger partial charge >= 0.3 is 0 Å². The van der Waals surface area contributed by atoms with Crippen LogP contribution in [0, 0.1) is 0 Å². The van der Waals surface area contributed by atoms with Crippen LogP contribution in [0.15, 0.2) is 84.9 Å². The van der Waals surface area contributed by atoms with E-state index in [0.29, 0.717) is 18.1 Å². The van der Waals surface area contributed by atoms with Gasteiger partial charge in [0.25, 0.3) is 0 Å². The lowest BCUT2D eigenvalue weighted by Gasteiger charge is -2.47. The monoisotopic (exact) mass is 368 g/mol. The molecule has 0 radical (unpaired) electrons. The molecule has 5 rings (SSSR count). The highest BCUT2D eigenvalue weighted by molar-refractivity contribution is 5.34. The Hall–Kier alpha value is -2.42. The summed E-state index contributed by atoms with van der Waals surface area (Å²) in [5.74, 6) is 0. The molecule has 1 N–H and O–H groups in total. The molecule has 142 valence electrons. The van der Waals surface area contributed by atoms with Crippen molar-refractivity contribution in [3.05, 3.63) is 107 Å². The average molecular weight is 369 g/mol. The summed E-state index contributed by atoms with van der Waals surface area (Å²) >= 11 is 0. The van der Waals surface area contributed by atoms with Gasteiger partial charge < -0.3 is 5.32 Å². The Morgan fingerprint density at radius 3 is 2.04 bits per heavy atom. The molecular formula is C26H28N2. The van der Waals surface area contributed by atoms with Crippen LogP contribution in [0.4, 0.5) is 0 Å². The minimum atomic E-state index is 0.346. The largest absolute Gasteiger partial charge is 0.305 e. The van der Waals surface area contributed by atoms with Gasteiger partial charge in [0.05, 0.1) is 6.04 Å². The number of hydrogen-bond acceptors (Lipinski definition) is 2. The van der Waals surface area contributed by atoms with Crippen LogP contribution in [-0.4, -0.2) is 24.0 Å². The summed E-state index contributed by atoms with van der Waals surface area (Å²) in [6.07, 6.45) is 3.78. The molecule has 0 spiro atoms. The number of likely N-dealkylation sites (tertiary alicyclic amines) is 1. The zero-order valence-corrected chi connectivity index (χ0v) is 16.3. The van der Waals surface area contributed by atoms with Crippen molar-refractivity contribution in [1.29, 1.82) is 0 Å². The van der Waals surface area contributed by atoms with E-state index >= 15 is 0 Å². The molecule has 1 aliphatic heterocycles. The minimum absolute atomic E-state index is 0.346. The van der Waals surface area contributed by atoms with E-state index in [0.717, 1.165) is 13.1 Å². The van der Waals surface area contributed by atoms with Crippen LogP contribution in [0.2, 0.25) is 0 Å². The van der Waals surface area contributed by atoms with E-state index in [1.165, 1.54) is 41.5 Å². The highest BCUT2D eigenvalue weighted by Crippen LogP contribution is 2.34. The highest BCUT2D eigenvalue weighted by atomic mass is 15.3. The summed E-state index contributed by atoms with van der Waals surface area (Å²) < 4.78 is 0. The lowest BCUT2D eigenvalue weighted by molar-refractivity contribution is 0.0843. The maximum absolute atomic E-state index is 3.96. The molecule has 0 aromatic heterocycles. The number of nitrogens with zero attached hydrogens (tertiary/aromatic N) is 1. The second kappa shape index (κ2) is 7.90. The summed E-state index contributed by atoms with van der Waals surface area (Å²) in [6, 6.07) is 32.3. The molecule has 1 fully saturated rings. The molecule has 0 amide bonds. The molecule has 1 atom stereocenters. The van der Waals surface area contributed by atoms with E-state index in [4.69, 9.17) is 0 Å². The predicted molar refractivity (Wildman–Crippen MR) is 115 cm³/mol. The van der Waals surface area contributed by atoms with Gasteiger partial charge in [0.1, 0.15) is 0 Å². The molecular weight excluding hydrogens is 340 g/mol. The van der Waals surface area contributed by atoms with Gasteiger partial charge in [-0.2, -0.15) is 0 Å². The SMILES string of the molecule is c1ccc(C(c2ccccc2)N2CC(NC3CCCc4ccccc43)C2)cc1. The fraction of sp³-hybridized carbons (Fsp3) is 0.308. The van der Waals surface area contributed by atoms with Crippen molar-refractivity contribution in [2.75, 3.05) is 13.1 Å². The Labute approximate surface area is 168 Å². The number of fused-ring (bicyclic) bond motifs is 1. The van der Waals surface area contributed by atoms with Gasteiger partial charge in [-0.25, -0.2) is 0 Å². The van der Waals surface area contributed by atoms with Crippen molar-refractivity contribution in [3.63, 3.8) is 0 Å². The molecule has 1 unspecified atom stereocenters. The third-order valence-corrected chi connectivity index (χ3v) is 6.31. The van der Waals surface area contributed by atoms with Gasteiger partial charge in [-0.05, 0) is 41.5 Å². The Morgan fingerprint density at radius 1 is 0.750 bits per heavy atom. The molecule has 2 nitrogen and oxygen atoms in total. The quantitative estimate of drug-likeness (QED) is 0.672. The average Bonchev–Trinajstić information content (AvgIpc) is 2.74. The summed E-state index contributed by atoms with van der Waals surface area (Å²) in [4.78, 5) is 2.61. The maximum Gasteiger partial charge on any atom is 0.0602 e. The van der Waals surface area contributed by atoms with Gasteiger partial charge in [0, 0.05) is 25.2 Å². The van der Waals surface area contributed by atoms with Crippen LogP contribution in [0.1, 0.15) is 47.2 Å². The molecule has 1 heterocycles. The maximum atomic E-state index is 3.96. The van der Waals surface area contributed by atoms with Crippen LogP contribution in [0.25, 0.3) is 0 Å². The minimum Gasteiger partial charge on any atom is -0.305 e. The fourth-order valence-corrected chi connectivity index (χ4v) is 4.93. The van der Waals surface area contributed by atoms with Gasteiger partial charge in [-0.15, -0.1) is 0 Å². The topological polar surface area (TPSA) is 15.3 Å². The van der Waals surface area contributed by atoms with Gasteiger partial charge in [0.15, 0.2) is 0 Å².